The highest BCUT2D eigenvalue weighted by Gasteiger charge is 2.29. The fourth-order valence-electron chi connectivity index (χ4n) is 1.93. The molecule has 0 saturated carbocycles. The summed E-state index contributed by atoms with van der Waals surface area (Å²) in [4.78, 5) is 26.5. The standard InChI is InChI=1S/C13H16N2O2S/c1-2-14(11-6-4-3-5-7-11)8-9-15-12(16)10-18-13(15)17/h3-7H,2,8-10H2,1H3. The Hall–Kier alpha value is -1.49. The van der Waals surface area contributed by atoms with Crippen LogP contribution in [0.1, 0.15) is 6.92 Å². The largest absolute Gasteiger partial charge is 0.370 e. The van der Waals surface area contributed by atoms with Crippen LogP contribution in [0.3, 0.4) is 0 Å². The number of carbonyl (C=O) groups excluding carboxylic acids is 2. The minimum atomic E-state index is -0.121. The second kappa shape index (κ2) is 5.91. The van der Waals surface area contributed by atoms with Crippen molar-refractivity contribution in [2.75, 3.05) is 30.3 Å². The maximum absolute atomic E-state index is 11.5. The molecule has 1 aliphatic heterocycles. The molecule has 0 spiro atoms. The highest BCUT2D eigenvalue weighted by molar-refractivity contribution is 8.14. The van der Waals surface area contributed by atoms with Crippen LogP contribution in [0.15, 0.2) is 30.3 Å². The lowest BCUT2D eigenvalue weighted by Crippen LogP contribution is -2.37. The topological polar surface area (TPSA) is 40.6 Å². The van der Waals surface area contributed by atoms with E-state index in [0.717, 1.165) is 24.0 Å². The van der Waals surface area contributed by atoms with Crippen LogP contribution in [0.25, 0.3) is 0 Å². The van der Waals surface area contributed by atoms with Crippen molar-refractivity contribution in [2.45, 2.75) is 6.92 Å². The number of imide groups is 1. The Morgan fingerprint density at radius 3 is 2.56 bits per heavy atom. The van der Waals surface area contributed by atoms with Gasteiger partial charge < -0.3 is 4.90 Å². The highest BCUT2D eigenvalue weighted by atomic mass is 32.2. The Labute approximate surface area is 111 Å². The van der Waals surface area contributed by atoms with E-state index in [4.69, 9.17) is 0 Å². The molecule has 0 bridgehead atoms. The number of rotatable bonds is 5. The number of benzene rings is 1. The molecule has 0 N–H and O–H groups in total. The number of hydrogen-bond donors (Lipinski definition) is 0. The number of carbonyl (C=O) groups is 2. The first-order valence-corrected chi connectivity index (χ1v) is 6.98. The number of para-hydroxylation sites is 1. The first-order valence-electron chi connectivity index (χ1n) is 5.99. The normalized spacial score (nSPS) is 15.3. The summed E-state index contributed by atoms with van der Waals surface area (Å²) >= 11 is 1.09. The van der Waals surface area contributed by atoms with Gasteiger partial charge in [-0.1, -0.05) is 30.0 Å². The summed E-state index contributed by atoms with van der Waals surface area (Å²) in [6, 6.07) is 10.0. The molecule has 0 unspecified atom stereocenters. The highest BCUT2D eigenvalue weighted by Crippen LogP contribution is 2.19. The van der Waals surface area contributed by atoms with Gasteiger partial charge in [-0.15, -0.1) is 0 Å². The second-order valence-corrected chi connectivity index (χ2v) is 4.94. The molecule has 2 amide bonds. The average Bonchev–Trinajstić information content (AvgIpc) is 2.72. The summed E-state index contributed by atoms with van der Waals surface area (Å²) in [5.74, 6) is 0.213. The van der Waals surface area contributed by atoms with Gasteiger partial charge >= 0.3 is 0 Å². The summed E-state index contributed by atoms with van der Waals surface area (Å²) in [6.07, 6.45) is 0. The SMILES string of the molecule is CCN(CCN1C(=O)CSC1=O)c1ccccc1. The molecule has 0 aromatic heterocycles. The van der Waals surface area contributed by atoms with Crippen LogP contribution < -0.4 is 4.90 Å². The van der Waals surface area contributed by atoms with E-state index < -0.39 is 0 Å². The van der Waals surface area contributed by atoms with Crippen LogP contribution in [-0.4, -0.2) is 41.4 Å². The summed E-state index contributed by atoms with van der Waals surface area (Å²) < 4.78 is 0. The Balaban J connectivity index is 1.96. The summed E-state index contributed by atoms with van der Waals surface area (Å²) in [5, 5.41) is -0.121. The molecule has 1 saturated heterocycles. The van der Waals surface area contributed by atoms with Crippen molar-refractivity contribution < 1.29 is 9.59 Å². The number of thioether (sulfide) groups is 1. The Kier molecular flexibility index (Phi) is 4.25. The van der Waals surface area contributed by atoms with Crippen LogP contribution in [0, 0.1) is 0 Å². The lowest BCUT2D eigenvalue weighted by atomic mass is 10.3. The molecular formula is C13H16N2O2S. The molecule has 1 aliphatic rings. The first-order chi connectivity index (χ1) is 8.72. The maximum Gasteiger partial charge on any atom is 0.288 e. The third kappa shape index (κ3) is 2.85. The van der Waals surface area contributed by atoms with E-state index in [1.54, 1.807) is 0 Å². The molecule has 18 heavy (non-hydrogen) atoms. The molecule has 1 aromatic carbocycles. The van der Waals surface area contributed by atoms with Crippen molar-refractivity contribution in [3.63, 3.8) is 0 Å². The molecule has 1 fully saturated rings. The van der Waals surface area contributed by atoms with Gasteiger partial charge in [0.25, 0.3) is 5.24 Å². The molecule has 1 heterocycles. The van der Waals surface area contributed by atoms with E-state index in [0.29, 0.717) is 13.1 Å². The predicted octanol–water partition coefficient (Wildman–Crippen LogP) is 2.21. The summed E-state index contributed by atoms with van der Waals surface area (Å²) in [5.41, 5.74) is 1.12. The van der Waals surface area contributed by atoms with Gasteiger partial charge in [0.15, 0.2) is 0 Å². The van der Waals surface area contributed by atoms with Crippen molar-refractivity contribution in [3.8, 4) is 0 Å². The van der Waals surface area contributed by atoms with Crippen LogP contribution in [0.5, 0.6) is 0 Å². The summed E-state index contributed by atoms with van der Waals surface area (Å²) in [7, 11) is 0. The number of likely N-dealkylation sites (N-methyl/N-ethyl adjacent to an activating group) is 1. The third-order valence-electron chi connectivity index (χ3n) is 2.94. The van der Waals surface area contributed by atoms with E-state index >= 15 is 0 Å². The predicted molar refractivity (Wildman–Crippen MR) is 73.9 cm³/mol. The van der Waals surface area contributed by atoms with Gasteiger partial charge in [0.05, 0.1) is 5.75 Å². The summed E-state index contributed by atoms with van der Waals surface area (Å²) in [6.45, 7) is 4.06. The van der Waals surface area contributed by atoms with Crippen LogP contribution in [0.2, 0.25) is 0 Å². The van der Waals surface area contributed by atoms with Crippen LogP contribution in [-0.2, 0) is 4.79 Å². The van der Waals surface area contributed by atoms with E-state index in [2.05, 4.69) is 11.8 Å². The Bertz CT molecular complexity index is 420. The van der Waals surface area contributed by atoms with Crippen LogP contribution in [0.4, 0.5) is 10.5 Å². The lowest BCUT2D eigenvalue weighted by Gasteiger charge is -2.25. The quantitative estimate of drug-likeness (QED) is 0.817. The number of hydrogen-bond acceptors (Lipinski definition) is 4. The van der Waals surface area contributed by atoms with Crippen molar-refractivity contribution in [2.24, 2.45) is 0 Å². The van der Waals surface area contributed by atoms with Gasteiger partial charge in [-0.25, -0.2) is 0 Å². The average molecular weight is 264 g/mol. The van der Waals surface area contributed by atoms with E-state index in [1.165, 1.54) is 4.90 Å². The zero-order chi connectivity index (χ0) is 13.0. The molecule has 2 rings (SSSR count). The maximum atomic E-state index is 11.5. The second-order valence-electron chi connectivity index (χ2n) is 4.02. The number of nitrogens with zero attached hydrogens (tertiary/aromatic N) is 2. The molecule has 0 atom stereocenters. The Morgan fingerprint density at radius 1 is 1.28 bits per heavy atom. The van der Waals surface area contributed by atoms with Gasteiger partial charge in [0, 0.05) is 25.3 Å². The molecule has 96 valence electrons. The van der Waals surface area contributed by atoms with Gasteiger partial charge in [-0.3, -0.25) is 14.5 Å². The van der Waals surface area contributed by atoms with Gasteiger partial charge in [-0.2, -0.15) is 0 Å². The minimum Gasteiger partial charge on any atom is -0.370 e. The van der Waals surface area contributed by atoms with Gasteiger partial charge in [-0.05, 0) is 19.1 Å². The number of amides is 2. The fraction of sp³-hybridized carbons (Fsp3) is 0.385. The van der Waals surface area contributed by atoms with E-state index in [1.807, 2.05) is 30.3 Å². The molecule has 0 aliphatic carbocycles. The fourth-order valence-corrected chi connectivity index (χ4v) is 2.68. The van der Waals surface area contributed by atoms with E-state index in [-0.39, 0.29) is 16.9 Å². The van der Waals surface area contributed by atoms with Crippen molar-refractivity contribution in [1.82, 2.24) is 4.90 Å². The zero-order valence-electron chi connectivity index (χ0n) is 10.3. The monoisotopic (exact) mass is 264 g/mol. The zero-order valence-corrected chi connectivity index (χ0v) is 11.2. The molecule has 4 nitrogen and oxygen atoms in total. The Morgan fingerprint density at radius 2 is 2.00 bits per heavy atom. The molecule has 5 heteroatoms. The smallest absolute Gasteiger partial charge is 0.288 e. The molecule has 0 radical (unpaired) electrons. The third-order valence-corrected chi connectivity index (χ3v) is 3.80. The minimum absolute atomic E-state index is 0.0749. The van der Waals surface area contributed by atoms with Crippen LogP contribution >= 0.6 is 11.8 Å². The first kappa shape index (κ1) is 13.0. The van der Waals surface area contributed by atoms with Crippen molar-refractivity contribution >= 4 is 28.6 Å². The number of anilines is 1. The van der Waals surface area contributed by atoms with Crippen molar-refractivity contribution in [3.05, 3.63) is 30.3 Å². The van der Waals surface area contributed by atoms with Crippen molar-refractivity contribution in [1.29, 1.82) is 0 Å². The molecule has 1 aromatic rings. The molecular weight excluding hydrogens is 248 g/mol. The lowest BCUT2D eigenvalue weighted by molar-refractivity contribution is -0.124. The van der Waals surface area contributed by atoms with E-state index in [9.17, 15) is 9.59 Å². The van der Waals surface area contributed by atoms with Gasteiger partial charge in [0.2, 0.25) is 5.91 Å². The van der Waals surface area contributed by atoms with Gasteiger partial charge in [0.1, 0.15) is 0 Å².